The average molecular weight is 386 g/mol. The molecule has 0 aromatic heterocycles. The van der Waals surface area contributed by atoms with Crippen molar-refractivity contribution in [2.45, 2.75) is 51.2 Å². The van der Waals surface area contributed by atoms with Crippen LogP contribution in [0.4, 0.5) is 0 Å². The summed E-state index contributed by atoms with van der Waals surface area (Å²) in [6.07, 6.45) is 0.357. The number of carboxylic acid groups (broad SMARTS) is 2. The zero-order chi connectivity index (χ0) is 20.7. The Bertz CT molecular complexity index is 608. The number of likely N-dealkylation sites (tertiary alicyclic amines) is 1. The van der Waals surface area contributed by atoms with Crippen LogP contribution in [0.1, 0.15) is 33.1 Å². The molecule has 0 saturated carbocycles. The smallest absolute Gasteiger partial charge is 0.322 e. The second-order valence-electron chi connectivity index (χ2n) is 6.74. The van der Waals surface area contributed by atoms with Crippen molar-refractivity contribution in [3.8, 4) is 0 Å². The molecule has 0 bridgehead atoms. The Kier molecular flexibility index (Phi) is 8.16. The van der Waals surface area contributed by atoms with E-state index in [0.717, 1.165) is 0 Å². The van der Waals surface area contributed by atoms with Crippen LogP contribution >= 0.6 is 0 Å². The number of carbonyl (C=O) groups excluding carboxylic acids is 3. The first kappa shape index (κ1) is 22.4. The lowest BCUT2D eigenvalue weighted by Gasteiger charge is -2.29. The third kappa shape index (κ3) is 6.51. The minimum absolute atomic E-state index is 0.266. The Morgan fingerprint density at radius 2 is 1.78 bits per heavy atom. The molecule has 0 aromatic rings. The van der Waals surface area contributed by atoms with E-state index >= 15 is 0 Å². The summed E-state index contributed by atoms with van der Waals surface area (Å²) < 4.78 is 0. The number of nitrogens with one attached hydrogen (secondary N) is 2. The normalized spacial score (nSPS) is 18.7. The first-order valence-electron chi connectivity index (χ1n) is 8.62. The number of hydrogen-bond donors (Lipinski definition) is 5. The van der Waals surface area contributed by atoms with Crippen molar-refractivity contribution >= 4 is 29.7 Å². The summed E-state index contributed by atoms with van der Waals surface area (Å²) in [4.78, 5) is 59.6. The summed E-state index contributed by atoms with van der Waals surface area (Å²) in [7, 11) is 0. The second kappa shape index (κ2) is 9.86. The van der Waals surface area contributed by atoms with Crippen molar-refractivity contribution in [1.82, 2.24) is 15.5 Å². The van der Waals surface area contributed by atoms with Gasteiger partial charge in [-0.05, 0) is 18.8 Å². The zero-order valence-electron chi connectivity index (χ0n) is 15.3. The topological polar surface area (TPSA) is 179 Å². The standard InChI is InChI=1S/C16H26N4O7/c1-8(2)13(15(26)18-7-12(23)24)19-14(25)10-4-3-5-20(10)16(27)9(17)6-11(21)22/h8-10,13H,3-7,17H2,1-2H3,(H,18,26)(H,19,25)(H,21,22)(H,23,24). The first-order chi connectivity index (χ1) is 12.5. The monoisotopic (exact) mass is 386 g/mol. The van der Waals surface area contributed by atoms with Gasteiger partial charge in [0, 0.05) is 6.54 Å². The highest BCUT2D eigenvalue weighted by molar-refractivity contribution is 5.94. The predicted molar refractivity (Wildman–Crippen MR) is 92.4 cm³/mol. The van der Waals surface area contributed by atoms with Crippen LogP contribution in [0, 0.1) is 5.92 Å². The molecule has 1 saturated heterocycles. The lowest BCUT2D eigenvalue weighted by atomic mass is 10.0. The van der Waals surface area contributed by atoms with Gasteiger partial charge >= 0.3 is 11.9 Å². The van der Waals surface area contributed by atoms with E-state index in [1.165, 1.54) is 4.90 Å². The minimum Gasteiger partial charge on any atom is -0.481 e. The van der Waals surface area contributed by atoms with Crippen molar-refractivity contribution in [3.05, 3.63) is 0 Å². The van der Waals surface area contributed by atoms with E-state index in [9.17, 15) is 24.0 Å². The fourth-order valence-corrected chi connectivity index (χ4v) is 2.85. The maximum absolute atomic E-state index is 12.6. The van der Waals surface area contributed by atoms with Crippen molar-refractivity contribution in [2.75, 3.05) is 13.1 Å². The summed E-state index contributed by atoms with van der Waals surface area (Å²) in [5.74, 6) is -4.58. The molecule has 6 N–H and O–H groups in total. The number of nitrogens with zero attached hydrogens (tertiary/aromatic N) is 1. The maximum Gasteiger partial charge on any atom is 0.322 e. The Morgan fingerprint density at radius 3 is 2.30 bits per heavy atom. The van der Waals surface area contributed by atoms with E-state index in [1.54, 1.807) is 13.8 Å². The van der Waals surface area contributed by atoms with Crippen LogP contribution in [0.3, 0.4) is 0 Å². The molecule has 11 heteroatoms. The number of hydrogen-bond acceptors (Lipinski definition) is 6. The van der Waals surface area contributed by atoms with Crippen LogP contribution in [0.15, 0.2) is 0 Å². The molecule has 11 nitrogen and oxygen atoms in total. The van der Waals surface area contributed by atoms with Crippen LogP contribution < -0.4 is 16.4 Å². The van der Waals surface area contributed by atoms with Crippen LogP contribution in [0.5, 0.6) is 0 Å². The number of carbonyl (C=O) groups is 5. The summed E-state index contributed by atoms with van der Waals surface area (Å²) in [5.41, 5.74) is 5.60. The number of rotatable bonds is 9. The summed E-state index contributed by atoms with van der Waals surface area (Å²) >= 11 is 0. The van der Waals surface area contributed by atoms with Crippen LogP contribution in [-0.2, 0) is 24.0 Å². The van der Waals surface area contributed by atoms with Crippen LogP contribution in [0.25, 0.3) is 0 Å². The SMILES string of the molecule is CC(C)C(NC(=O)C1CCCN1C(=O)C(N)CC(=O)O)C(=O)NCC(=O)O. The Morgan fingerprint density at radius 1 is 1.15 bits per heavy atom. The van der Waals surface area contributed by atoms with E-state index in [0.29, 0.717) is 12.8 Å². The fraction of sp³-hybridized carbons (Fsp3) is 0.688. The highest BCUT2D eigenvalue weighted by atomic mass is 16.4. The summed E-state index contributed by atoms with van der Waals surface area (Å²) in [6.45, 7) is 3.06. The molecule has 1 aliphatic rings. The van der Waals surface area contributed by atoms with E-state index < -0.39 is 60.8 Å². The average Bonchev–Trinajstić information content (AvgIpc) is 3.05. The molecule has 3 amide bonds. The van der Waals surface area contributed by atoms with Crippen molar-refractivity contribution in [1.29, 1.82) is 0 Å². The molecule has 152 valence electrons. The molecule has 27 heavy (non-hydrogen) atoms. The van der Waals surface area contributed by atoms with Gasteiger partial charge in [-0.25, -0.2) is 0 Å². The van der Waals surface area contributed by atoms with E-state index in [4.69, 9.17) is 15.9 Å². The van der Waals surface area contributed by atoms with Crippen molar-refractivity contribution in [2.24, 2.45) is 11.7 Å². The van der Waals surface area contributed by atoms with Gasteiger partial charge in [-0.15, -0.1) is 0 Å². The highest BCUT2D eigenvalue weighted by Crippen LogP contribution is 2.19. The molecule has 0 aromatic carbocycles. The third-order valence-electron chi connectivity index (χ3n) is 4.21. The number of carboxylic acids is 2. The van der Waals surface area contributed by atoms with Crippen LogP contribution in [0.2, 0.25) is 0 Å². The molecule has 0 aliphatic carbocycles. The van der Waals surface area contributed by atoms with E-state index in [1.807, 2.05) is 0 Å². The zero-order valence-corrected chi connectivity index (χ0v) is 15.3. The number of amides is 3. The number of nitrogens with two attached hydrogens (primary N) is 1. The fourth-order valence-electron chi connectivity index (χ4n) is 2.85. The molecule has 1 rings (SSSR count). The molecular formula is C16H26N4O7. The number of aliphatic carboxylic acids is 2. The lowest BCUT2D eigenvalue weighted by molar-refractivity contribution is -0.144. The summed E-state index contributed by atoms with van der Waals surface area (Å²) in [5, 5.41) is 22.2. The molecule has 0 spiro atoms. The van der Waals surface area contributed by atoms with E-state index in [2.05, 4.69) is 10.6 Å². The van der Waals surface area contributed by atoms with Crippen molar-refractivity contribution < 1.29 is 34.2 Å². The Balaban J connectivity index is 2.79. The van der Waals surface area contributed by atoms with Gasteiger partial charge in [-0.2, -0.15) is 0 Å². The largest absolute Gasteiger partial charge is 0.481 e. The second-order valence-corrected chi connectivity index (χ2v) is 6.74. The summed E-state index contributed by atoms with van der Waals surface area (Å²) in [6, 6.07) is -3.08. The molecule has 0 radical (unpaired) electrons. The van der Waals surface area contributed by atoms with E-state index in [-0.39, 0.29) is 12.5 Å². The first-order valence-corrected chi connectivity index (χ1v) is 8.62. The molecular weight excluding hydrogens is 360 g/mol. The van der Waals surface area contributed by atoms with Gasteiger partial charge in [0.25, 0.3) is 0 Å². The molecule has 1 fully saturated rings. The third-order valence-corrected chi connectivity index (χ3v) is 4.21. The minimum atomic E-state index is -1.25. The van der Waals surface area contributed by atoms with Gasteiger partial charge in [-0.1, -0.05) is 13.8 Å². The van der Waals surface area contributed by atoms with Gasteiger partial charge in [0.2, 0.25) is 17.7 Å². The van der Waals surface area contributed by atoms with Gasteiger partial charge in [0.05, 0.1) is 12.5 Å². The highest BCUT2D eigenvalue weighted by Gasteiger charge is 2.38. The molecule has 1 aliphatic heterocycles. The van der Waals surface area contributed by atoms with Gasteiger partial charge in [0.1, 0.15) is 18.6 Å². The lowest BCUT2D eigenvalue weighted by Crippen LogP contribution is -2.56. The Hall–Kier alpha value is -2.69. The van der Waals surface area contributed by atoms with Crippen LogP contribution in [-0.4, -0.2) is 76.0 Å². The molecule has 1 heterocycles. The van der Waals surface area contributed by atoms with Gasteiger partial charge in [0.15, 0.2) is 0 Å². The van der Waals surface area contributed by atoms with Crippen molar-refractivity contribution in [3.63, 3.8) is 0 Å². The predicted octanol–water partition coefficient (Wildman–Crippen LogP) is -1.88. The van der Waals surface area contributed by atoms with Gasteiger partial charge in [-0.3, -0.25) is 24.0 Å². The quantitative estimate of drug-likeness (QED) is 0.305. The van der Waals surface area contributed by atoms with Gasteiger partial charge < -0.3 is 31.5 Å². The molecule has 3 unspecified atom stereocenters. The molecule has 3 atom stereocenters. The maximum atomic E-state index is 12.6. The Labute approximate surface area is 156 Å².